The molecule has 0 spiro atoms. The van der Waals surface area contributed by atoms with Gasteiger partial charge in [0.15, 0.2) is 0 Å². The zero-order chi connectivity index (χ0) is 24.3. The third-order valence-corrected chi connectivity index (χ3v) is 6.27. The summed E-state index contributed by atoms with van der Waals surface area (Å²) in [7, 11) is -2.07. The Morgan fingerprint density at radius 3 is 2.58 bits per heavy atom. The number of aromatic nitrogens is 2. The molecule has 0 aliphatic carbocycles. The maximum absolute atomic E-state index is 14.3. The molecule has 3 aromatic rings. The first kappa shape index (κ1) is 23.9. The number of pyridine rings is 2. The van der Waals surface area contributed by atoms with Gasteiger partial charge in [-0.3, -0.25) is 18.9 Å². The highest BCUT2D eigenvalue weighted by Crippen LogP contribution is 2.24. The molecule has 0 bridgehead atoms. The third-order valence-electron chi connectivity index (χ3n) is 4.99. The fourth-order valence-corrected chi connectivity index (χ4v) is 3.78. The van der Waals surface area contributed by atoms with Gasteiger partial charge < -0.3 is 11.1 Å². The van der Waals surface area contributed by atoms with Gasteiger partial charge in [-0.25, -0.2) is 17.8 Å². The van der Waals surface area contributed by atoms with Crippen LogP contribution in [0, 0.1) is 12.7 Å². The van der Waals surface area contributed by atoms with Gasteiger partial charge in [-0.1, -0.05) is 6.07 Å². The van der Waals surface area contributed by atoms with Gasteiger partial charge >= 0.3 is 0 Å². The van der Waals surface area contributed by atoms with Crippen LogP contribution in [-0.4, -0.2) is 29.6 Å². The summed E-state index contributed by atoms with van der Waals surface area (Å²) in [4.78, 5) is 29.1. The Balaban J connectivity index is 2.00. The molecular weight excluding hydrogens is 449 g/mol. The van der Waals surface area contributed by atoms with E-state index in [4.69, 9.17) is 5.73 Å². The highest BCUT2D eigenvalue weighted by Gasteiger charge is 2.18. The van der Waals surface area contributed by atoms with Crippen molar-refractivity contribution in [1.29, 1.82) is 0 Å². The Hall–Kier alpha value is -3.73. The van der Waals surface area contributed by atoms with Crippen LogP contribution in [0.3, 0.4) is 0 Å². The third kappa shape index (κ3) is 5.55. The average Bonchev–Trinajstić information content (AvgIpc) is 2.74. The van der Waals surface area contributed by atoms with Crippen LogP contribution in [0.15, 0.2) is 47.4 Å². The molecule has 2 heterocycles. The Morgan fingerprint density at radius 1 is 1.21 bits per heavy atom. The zero-order valence-corrected chi connectivity index (χ0v) is 19.2. The normalized spacial score (nSPS) is 11.3. The van der Waals surface area contributed by atoms with Crippen LogP contribution in [0.1, 0.15) is 34.0 Å². The second-order valence-electron chi connectivity index (χ2n) is 7.50. The lowest BCUT2D eigenvalue weighted by Gasteiger charge is -2.17. The molecule has 0 saturated heterocycles. The standard InChI is InChI=1S/C22H24FN5O4S/c1-4-33(31,32)27-19-11-14(7-8-25-19)10-15-12-16(20(24)29)21(28(3)22(15)30)26-18-6-5-13(2)9-17(18)23/h5-9,11-12,26H,4,10H2,1-3H3,(H2,24,29)(H,25,27). The van der Waals surface area contributed by atoms with Crippen LogP contribution >= 0.6 is 0 Å². The van der Waals surface area contributed by atoms with E-state index in [-0.39, 0.29) is 40.6 Å². The summed E-state index contributed by atoms with van der Waals surface area (Å²) < 4.78 is 41.5. The molecule has 33 heavy (non-hydrogen) atoms. The minimum Gasteiger partial charge on any atom is -0.365 e. The van der Waals surface area contributed by atoms with E-state index in [0.717, 1.165) is 5.56 Å². The number of nitrogens with two attached hydrogens (primary N) is 1. The molecule has 1 aromatic carbocycles. The first-order chi connectivity index (χ1) is 15.5. The summed E-state index contributed by atoms with van der Waals surface area (Å²) >= 11 is 0. The number of halogens is 1. The largest absolute Gasteiger partial charge is 0.365 e. The van der Waals surface area contributed by atoms with Gasteiger partial charge in [0, 0.05) is 25.2 Å². The Kier molecular flexibility index (Phi) is 6.82. The fraction of sp³-hybridized carbons (Fsp3) is 0.227. The number of hydrogen-bond donors (Lipinski definition) is 3. The number of benzene rings is 1. The predicted molar refractivity (Wildman–Crippen MR) is 125 cm³/mol. The van der Waals surface area contributed by atoms with Gasteiger partial charge in [0.1, 0.15) is 17.5 Å². The summed E-state index contributed by atoms with van der Waals surface area (Å²) in [5, 5.41) is 2.79. The Morgan fingerprint density at radius 2 is 1.94 bits per heavy atom. The van der Waals surface area contributed by atoms with Crippen molar-refractivity contribution >= 4 is 33.3 Å². The summed E-state index contributed by atoms with van der Waals surface area (Å²) in [5.41, 5.74) is 6.77. The van der Waals surface area contributed by atoms with Crippen molar-refractivity contribution in [1.82, 2.24) is 9.55 Å². The van der Waals surface area contributed by atoms with Crippen molar-refractivity contribution in [3.05, 3.63) is 81.0 Å². The summed E-state index contributed by atoms with van der Waals surface area (Å²) in [5.74, 6) is -1.27. The van der Waals surface area contributed by atoms with Gasteiger partial charge in [0.2, 0.25) is 10.0 Å². The van der Waals surface area contributed by atoms with Crippen LogP contribution in [0.25, 0.3) is 0 Å². The monoisotopic (exact) mass is 473 g/mol. The minimum absolute atomic E-state index is 0.00744. The number of carbonyl (C=O) groups excluding carboxylic acids is 1. The van der Waals surface area contributed by atoms with Crippen molar-refractivity contribution in [3.8, 4) is 0 Å². The highest BCUT2D eigenvalue weighted by atomic mass is 32.2. The van der Waals surface area contributed by atoms with E-state index < -0.39 is 27.3 Å². The van der Waals surface area contributed by atoms with E-state index in [2.05, 4.69) is 15.0 Å². The molecule has 0 aliphatic heterocycles. The molecule has 2 aromatic heterocycles. The molecule has 4 N–H and O–H groups in total. The van der Waals surface area contributed by atoms with Crippen LogP contribution in [0.5, 0.6) is 0 Å². The van der Waals surface area contributed by atoms with Crippen molar-refractivity contribution in [2.45, 2.75) is 20.3 Å². The molecule has 11 heteroatoms. The first-order valence-corrected chi connectivity index (χ1v) is 11.7. The van der Waals surface area contributed by atoms with Gasteiger partial charge in [-0.15, -0.1) is 0 Å². The molecular formula is C22H24FN5O4S. The number of nitrogens with zero attached hydrogens (tertiary/aromatic N) is 2. The smallest absolute Gasteiger partial charge is 0.255 e. The van der Waals surface area contributed by atoms with E-state index in [1.807, 2.05) is 0 Å². The van der Waals surface area contributed by atoms with Crippen LogP contribution in [0.2, 0.25) is 0 Å². The maximum Gasteiger partial charge on any atom is 0.255 e. The molecule has 174 valence electrons. The predicted octanol–water partition coefficient (Wildman–Crippen LogP) is 2.42. The highest BCUT2D eigenvalue weighted by molar-refractivity contribution is 7.92. The second kappa shape index (κ2) is 9.41. The zero-order valence-electron chi connectivity index (χ0n) is 18.3. The molecule has 1 amide bonds. The number of carbonyl (C=O) groups is 1. The SMILES string of the molecule is CCS(=O)(=O)Nc1cc(Cc2cc(C(N)=O)c(Nc3ccc(C)cc3F)n(C)c2=O)ccn1. The molecule has 9 nitrogen and oxygen atoms in total. The van der Waals surface area contributed by atoms with Crippen molar-refractivity contribution in [3.63, 3.8) is 0 Å². The van der Waals surface area contributed by atoms with Gasteiger partial charge in [0.05, 0.1) is 17.0 Å². The summed E-state index contributed by atoms with van der Waals surface area (Å²) in [6, 6.07) is 9.01. The number of amides is 1. The van der Waals surface area contributed by atoms with Crippen molar-refractivity contribution in [2.24, 2.45) is 12.8 Å². The van der Waals surface area contributed by atoms with E-state index in [1.165, 1.54) is 49.0 Å². The Labute approximate surface area is 190 Å². The van der Waals surface area contributed by atoms with Crippen LogP contribution in [-0.2, 0) is 23.5 Å². The number of hydrogen-bond acceptors (Lipinski definition) is 6. The van der Waals surface area contributed by atoms with Gasteiger partial charge in [-0.05, 0) is 55.3 Å². The molecule has 0 radical (unpaired) electrons. The molecule has 0 unspecified atom stereocenters. The van der Waals surface area contributed by atoms with Crippen molar-refractivity contribution in [2.75, 3.05) is 15.8 Å². The summed E-state index contributed by atoms with van der Waals surface area (Å²) in [6.07, 6.45) is 1.51. The van der Waals surface area contributed by atoms with Gasteiger partial charge in [0.25, 0.3) is 11.5 Å². The Bertz CT molecular complexity index is 1390. The molecule has 0 atom stereocenters. The first-order valence-electron chi connectivity index (χ1n) is 10.0. The molecule has 0 saturated carbocycles. The second-order valence-corrected chi connectivity index (χ2v) is 9.51. The number of anilines is 3. The topological polar surface area (TPSA) is 136 Å². The summed E-state index contributed by atoms with van der Waals surface area (Å²) in [6.45, 7) is 3.24. The van der Waals surface area contributed by atoms with E-state index in [1.54, 1.807) is 19.1 Å². The lowest BCUT2D eigenvalue weighted by molar-refractivity contribution is 0.100. The van der Waals surface area contributed by atoms with E-state index in [9.17, 15) is 22.4 Å². The maximum atomic E-state index is 14.3. The molecule has 0 fully saturated rings. The fourth-order valence-electron chi connectivity index (χ4n) is 3.21. The van der Waals surface area contributed by atoms with Crippen LogP contribution in [0.4, 0.5) is 21.7 Å². The molecule has 0 aliphatic rings. The number of nitrogens with one attached hydrogen (secondary N) is 2. The number of aryl methyl sites for hydroxylation is 1. The lowest BCUT2D eigenvalue weighted by atomic mass is 10.0. The van der Waals surface area contributed by atoms with Crippen LogP contribution < -0.4 is 21.3 Å². The molecule has 3 rings (SSSR count). The van der Waals surface area contributed by atoms with Crippen molar-refractivity contribution < 1.29 is 17.6 Å². The lowest BCUT2D eigenvalue weighted by Crippen LogP contribution is -2.28. The van der Waals surface area contributed by atoms with Gasteiger partial charge in [-0.2, -0.15) is 0 Å². The number of sulfonamides is 1. The van der Waals surface area contributed by atoms with E-state index >= 15 is 0 Å². The quantitative estimate of drug-likeness (QED) is 0.460. The average molecular weight is 474 g/mol. The van der Waals surface area contributed by atoms with E-state index in [0.29, 0.717) is 5.56 Å². The number of rotatable bonds is 8. The number of primary amides is 1. The minimum atomic E-state index is -3.52.